The van der Waals surface area contributed by atoms with E-state index < -0.39 is 0 Å². The highest BCUT2D eigenvalue weighted by molar-refractivity contribution is 5.78. The van der Waals surface area contributed by atoms with E-state index in [1.807, 2.05) is 13.8 Å². The predicted molar refractivity (Wildman–Crippen MR) is 47.6 cm³/mol. The van der Waals surface area contributed by atoms with Gasteiger partial charge in [0.1, 0.15) is 5.78 Å². The molecule has 0 aromatic rings. The first-order chi connectivity index (χ1) is 5.22. The minimum absolute atomic E-state index is 0.250. The molecule has 0 radical (unpaired) electrons. The van der Waals surface area contributed by atoms with Crippen molar-refractivity contribution in [2.24, 2.45) is 0 Å². The molecular weight excluding hydrogens is 140 g/mol. The first kappa shape index (κ1) is 13.2. The molecular formula is C9H20O2. The van der Waals surface area contributed by atoms with E-state index in [0.717, 1.165) is 25.7 Å². The van der Waals surface area contributed by atoms with E-state index in [9.17, 15) is 4.79 Å². The molecule has 2 heteroatoms. The first-order valence-corrected chi connectivity index (χ1v) is 4.35. The van der Waals surface area contributed by atoms with Gasteiger partial charge in [-0.15, -0.1) is 0 Å². The Bertz CT molecular complexity index is 71.6. The number of ketones is 1. The molecule has 0 spiro atoms. The Hall–Kier alpha value is -0.370. The number of hydrogen-bond donors (Lipinski definition) is 1. The van der Waals surface area contributed by atoms with Gasteiger partial charge in [0.05, 0.1) is 0 Å². The average molecular weight is 160 g/mol. The van der Waals surface area contributed by atoms with Crippen LogP contribution in [0.15, 0.2) is 0 Å². The predicted octanol–water partition coefficient (Wildman–Crippen LogP) is 2.15. The summed E-state index contributed by atoms with van der Waals surface area (Å²) in [6.07, 6.45) is 3.54. The van der Waals surface area contributed by atoms with Crippen molar-refractivity contribution >= 4 is 5.78 Å². The standard InChI is InChI=1S/C7H14O.C2H6O/c1-3-5-7(8)6-4-2;1-2-3/h3-6H2,1-2H3;3H,2H2,1H3. The van der Waals surface area contributed by atoms with Gasteiger partial charge < -0.3 is 5.11 Å². The zero-order chi connectivity index (χ0) is 9.11. The van der Waals surface area contributed by atoms with Gasteiger partial charge in [-0.2, -0.15) is 0 Å². The molecule has 11 heavy (non-hydrogen) atoms. The molecule has 0 aliphatic heterocycles. The molecule has 0 aliphatic rings. The third kappa shape index (κ3) is 17.7. The molecule has 0 bridgehead atoms. The van der Waals surface area contributed by atoms with Crippen molar-refractivity contribution in [3.8, 4) is 0 Å². The molecule has 0 rings (SSSR count). The topological polar surface area (TPSA) is 37.3 Å². The monoisotopic (exact) mass is 160 g/mol. The van der Waals surface area contributed by atoms with Gasteiger partial charge in [-0.25, -0.2) is 0 Å². The molecule has 0 saturated heterocycles. The number of carbonyl (C=O) groups excluding carboxylic acids is 1. The van der Waals surface area contributed by atoms with Gasteiger partial charge >= 0.3 is 0 Å². The lowest BCUT2D eigenvalue weighted by Crippen LogP contribution is -1.93. The smallest absolute Gasteiger partial charge is 0.132 e. The summed E-state index contributed by atoms with van der Waals surface area (Å²) in [6, 6.07) is 0. The Morgan fingerprint density at radius 3 is 1.55 bits per heavy atom. The number of carbonyl (C=O) groups is 1. The maximum atomic E-state index is 10.6. The summed E-state index contributed by atoms with van der Waals surface area (Å²) in [5, 5.41) is 7.57. The molecule has 68 valence electrons. The molecule has 0 aromatic heterocycles. The van der Waals surface area contributed by atoms with E-state index in [2.05, 4.69) is 0 Å². The Balaban J connectivity index is 0. The third-order valence-corrected chi connectivity index (χ3v) is 1.06. The van der Waals surface area contributed by atoms with E-state index in [1.54, 1.807) is 6.92 Å². The van der Waals surface area contributed by atoms with Crippen LogP contribution in [0.3, 0.4) is 0 Å². The third-order valence-electron chi connectivity index (χ3n) is 1.06. The minimum atomic E-state index is 0.250. The highest BCUT2D eigenvalue weighted by Gasteiger charge is 1.94. The lowest BCUT2D eigenvalue weighted by atomic mass is 10.1. The summed E-state index contributed by atoms with van der Waals surface area (Å²) in [5.74, 6) is 0.412. The van der Waals surface area contributed by atoms with Crippen LogP contribution in [0.5, 0.6) is 0 Å². The summed E-state index contributed by atoms with van der Waals surface area (Å²) in [7, 11) is 0. The van der Waals surface area contributed by atoms with Crippen molar-refractivity contribution in [1.29, 1.82) is 0 Å². The summed E-state index contributed by atoms with van der Waals surface area (Å²) >= 11 is 0. The van der Waals surface area contributed by atoms with Crippen LogP contribution < -0.4 is 0 Å². The molecule has 0 fully saturated rings. The van der Waals surface area contributed by atoms with Crippen molar-refractivity contribution in [3.05, 3.63) is 0 Å². The van der Waals surface area contributed by atoms with Crippen LogP contribution in [0.4, 0.5) is 0 Å². The van der Waals surface area contributed by atoms with Gasteiger partial charge in [0.2, 0.25) is 0 Å². The van der Waals surface area contributed by atoms with Crippen molar-refractivity contribution < 1.29 is 9.90 Å². The minimum Gasteiger partial charge on any atom is -0.397 e. The van der Waals surface area contributed by atoms with E-state index in [1.165, 1.54) is 0 Å². The molecule has 0 aliphatic carbocycles. The lowest BCUT2D eigenvalue weighted by molar-refractivity contribution is -0.119. The molecule has 0 unspecified atom stereocenters. The van der Waals surface area contributed by atoms with Crippen molar-refractivity contribution in [2.45, 2.75) is 46.5 Å². The van der Waals surface area contributed by atoms with Crippen LogP contribution in [0, 0.1) is 0 Å². The van der Waals surface area contributed by atoms with Gasteiger partial charge in [-0.3, -0.25) is 4.79 Å². The number of rotatable bonds is 4. The Kier molecular flexibility index (Phi) is 14.8. The van der Waals surface area contributed by atoms with Crippen LogP contribution in [0.2, 0.25) is 0 Å². The summed E-state index contributed by atoms with van der Waals surface area (Å²) in [4.78, 5) is 10.6. The second kappa shape index (κ2) is 12.3. The molecule has 1 N–H and O–H groups in total. The van der Waals surface area contributed by atoms with Crippen molar-refractivity contribution in [1.82, 2.24) is 0 Å². The van der Waals surface area contributed by atoms with Crippen molar-refractivity contribution in [2.75, 3.05) is 6.61 Å². The average Bonchev–Trinajstić information content (AvgIpc) is 1.90. The Morgan fingerprint density at radius 1 is 1.09 bits per heavy atom. The maximum Gasteiger partial charge on any atom is 0.132 e. The number of aliphatic hydroxyl groups excluding tert-OH is 1. The van der Waals surface area contributed by atoms with Crippen LogP contribution >= 0.6 is 0 Å². The normalized spacial score (nSPS) is 8.36. The molecule has 0 heterocycles. The quantitative estimate of drug-likeness (QED) is 0.684. The summed E-state index contributed by atoms with van der Waals surface area (Å²) in [6.45, 7) is 6.00. The highest BCUT2D eigenvalue weighted by atomic mass is 16.2. The van der Waals surface area contributed by atoms with E-state index in [4.69, 9.17) is 5.11 Å². The number of Topliss-reactive ketones (excluding diaryl/α,β-unsaturated/α-hetero) is 1. The summed E-state index contributed by atoms with van der Waals surface area (Å²) < 4.78 is 0. The largest absolute Gasteiger partial charge is 0.397 e. The fourth-order valence-electron chi connectivity index (χ4n) is 0.683. The fraction of sp³-hybridized carbons (Fsp3) is 0.889. The zero-order valence-electron chi connectivity index (χ0n) is 7.89. The Morgan fingerprint density at radius 2 is 1.36 bits per heavy atom. The van der Waals surface area contributed by atoms with Gasteiger partial charge in [-0.1, -0.05) is 13.8 Å². The lowest BCUT2D eigenvalue weighted by Gasteiger charge is -1.91. The highest BCUT2D eigenvalue weighted by Crippen LogP contribution is 1.95. The van der Waals surface area contributed by atoms with E-state index in [-0.39, 0.29) is 6.61 Å². The fourth-order valence-corrected chi connectivity index (χ4v) is 0.683. The molecule has 0 saturated carbocycles. The molecule has 0 amide bonds. The molecule has 0 atom stereocenters. The van der Waals surface area contributed by atoms with Crippen LogP contribution in [-0.2, 0) is 4.79 Å². The molecule has 2 nitrogen and oxygen atoms in total. The SMILES string of the molecule is CCCC(=O)CCC.CCO. The second-order valence-corrected chi connectivity index (χ2v) is 2.35. The van der Waals surface area contributed by atoms with Gasteiger partial charge in [0.15, 0.2) is 0 Å². The number of aliphatic hydroxyl groups is 1. The van der Waals surface area contributed by atoms with Gasteiger partial charge in [0, 0.05) is 19.4 Å². The zero-order valence-corrected chi connectivity index (χ0v) is 7.89. The maximum absolute atomic E-state index is 10.6. The van der Waals surface area contributed by atoms with E-state index in [0.29, 0.717) is 5.78 Å². The van der Waals surface area contributed by atoms with Crippen LogP contribution in [0.1, 0.15) is 46.5 Å². The van der Waals surface area contributed by atoms with Gasteiger partial charge in [0.25, 0.3) is 0 Å². The van der Waals surface area contributed by atoms with Crippen LogP contribution in [0.25, 0.3) is 0 Å². The molecule has 0 aromatic carbocycles. The summed E-state index contributed by atoms with van der Waals surface area (Å²) in [5.41, 5.74) is 0. The van der Waals surface area contributed by atoms with E-state index >= 15 is 0 Å². The Labute approximate surface area is 69.6 Å². The first-order valence-electron chi connectivity index (χ1n) is 4.35. The van der Waals surface area contributed by atoms with Gasteiger partial charge in [-0.05, 0) is 19.8 Å². The second-order valence-electron chi connectivity index (χ2n) is 2.35. The van der Waals surface area contributed by atoms with Crippen LogP contribution in [-0.4, -0.2) is 17.5 Å². The van der Waals surface area contributed by atoms with Crippen molar-refractivity contribution in [3.63, 3.8) is 0 Å². The number of hydrogen-bond acceptors (Lipinski definition) is 2.